The number of benzene rings is 2. The molecule has 0 aliphatic rings. The quantitative estimate of drug-likeness (QED) is 0.880. The van der Waals surface area contributed by atoms with Gasteiger partial charge >= 0.3 is 0 Å². The summed E-state index contributed by atoms with van der Waals surface area (Å²) in [4.78, 5) is 0. The molecule has 2 aromatic carbocycles. The van der Waals surface area contributed by atoms with Gasteiger partial charge in [-0.15, -0.1) is 0 Å². The summed E-state index contributed by atoms with van der Waals surface area (Å²) in [5.41, 5.74) is 2.55. The molecule has 20 heavy (non-hydrogen) atoms. The third-order valence-corrected chi connectivity index (χ3v) is 2.97. The van der Waals surface area contributed by atoms with Crippen molar-refractivity contribution in [3.05, 3.63) is 65.7 Å². The molecule has 0 saturated heterocycles. The van der Waals surface area contributed by atoms with E-state index in [1.165, 1.54) is 11.1 Å². The molecule has 0 radical (unpaired) electrons. The van der Waals surface area contributed by atoms with Crippen molar-refractivity contribution in [1.82, 2.24) is 5.32 Å². The SMILES string of the molecule is CC(C)(C)NCc1cccc(OCc2ccccc2)c1. The smallest absolute Gasteiger partial charge is 0.120 e. The highest BCUT2D eigenvalue weighted by atomic mass is 16.5. The Morgan fingerprint density at radius 2 is 1.60 bits per heavy atom. The van der Waals surface area contributed by atoms with E-state index >= 15 is 0 Å². The van der Waals surface area contributed by atoms with Gasteiger partial charge in [0.2, 0.25) is 0 Å². The lowest BCUT2D eigenvalue weighted by atomic mass is 10.1. The molecule has 0 atom stereocenters. The molecule has 2 nitrogen and oxygen atoms in total. The van der Waals surface area contributed by atoms with Crippen molar-refractivity contribution in [3.8, 4) is 5.75 Å². The minimum absolute atomic E-state index is 0.126. The molecule has 0 spiro atoms. The summed E-state index contributed by atoms with van der Waals surface area (Å²) in [5.74, 6) is 0.919. The van der Waals surface area contributed by atoms with E-state index in [2.05, 4.69) is 50.4 Å². The second-order valence-corrected chi connectivity index (χ2v) is 6.03. The van der Waals surface area contributed by atoms with Gasteiger partial charge in [-0.2, -0.15) is 0 Å². The van der Waals surface area contributed by atoms with Gasteiger partial charge in [-0.25, -0.2) is 0 Å². The Balaban J connectivity index is 1.92. The van der Waals surface area contributed by atoms with Gasteiger partial charge in [0.05, 0.1) is 0 Å². The first kappa shape index (κ1) is 14.6. The van der Waals surface area contributed by atoms with Crippen molar-refractivity contribution in [1.29, 1.82) is 0 Å². The second-order valence-electron chi connectivity index (χ2n) is 6.03. The lowest BCUT2D eigenvalue weighted by Crippen LogP contribution is -2.35. The minimum Gasteiger partial charge on any atom is -0.489 e. The zero-order valence-electron chi connectivity index (χ0n) is 12.5. The summed E-state index contributed by atoms with van der Waals surface area (Å²) in [6.45, 7) is 7.97. The fraction of sp³-hybridized carbons (Fsp3) is 0.333. The molecule has 2 aromatic rings. The average molecular weight is 269 g/mol. The first-order chi connectivity index (χ1) is 9.53. The van der Waals surface area contributed by atoms with E-state index in [0.717, 1.165) is 12.3 Å². The molecule has 0 bridgehead atoms. The Kier molecular flexibility index (Phi) is 4.80. The van der Waals surface area contributed by atoms with E-state index in [1.54, 1.807) is 0 Å². The van der Waals surface area contributed by atoms with Crippen LogP contribution in [-0.2, 0) is 13.2 Å². The molecule has 0 aliphatic carbocycles. The summed E-state index contributed by atoms with van der Waals surface area (Å²) in [7, 11) is 0. The normalized spacial score (nSPS) is 11.3. The van der Waals surface area contributed by atoms with Gasteiger partial charge in [0, 0.05) is 12.1 Å². The predicted octanol–water partition coefficient (Wildman–Crippen LogP) is 4.15. The summed E-state index contributed by atoms with van der Waals surface area (Å²) >= 11 is 0. The van der Waals surface area contributed by atoms with Crippen LogP contribution in [0, 0.1) is 0 Å². The molecule has 0 saturated carbocycles. The third kappa shape index (κ3) is 5.06. The average Bonchev–Trinajstić information content (AvgIpc) is 2.44. The lowest BCUT2D eigenvalue weighted by Gasteiger charge is -2.20. The second kappa shape index (κ2) is 6.58. The molecule has 0 aliphatic heterocycles. The van der Waals surface area contributed by atoms with Gasteiger partial charge in [0.15, 0.2) is 0 Å². The highest BCUT2D eigenvalue weighted by molar-refractivity contribution is 5.29. The molecule has 0 unspecified atom stereocenters. The molecule has 2 heteroatoms. The van der Waals surface area contributed by atoms with E-state index in [1.807, 2.05) is 30.3 Å². The molecule has 0 aromatic heterocycles. The van der Waals surface area contributed by atoms with Crippen LogP contribution >= 0.6 is 0 Å². The maximum atomic E-state index is 5.84. The molecule has 2 rings (SSSR count). The van der Waals surface area contributed by atoms with Crippen LogP contribution in [0.15, 0.2) is 54.6 Å². The van der Waals surface area contributed by atoms with Crippen LogP contribution in [0.2, 0.25) is 0 Å². The van der Waals surface area contributed by atoms with Gasteiger partial charge in [-0.05, 0) is 44.0 Å². The van der Waals surface area contributed by atoms with Gasteiger partial charge in [-0.3, -0.25) is 0 Å². The monoisotopic (exact) mass is 269 g/mol. The zero-order chi connectivity index (χ0) is 14.4. The van der Waals surface area contributed by atoms with Crippen molar-refractivity contribution >= 4 is 0 Å². The fourth-order valence-electron chi connectivity index (χ4n) is 1.85. The van der Waals surface area contributed by atoms with E-state index in [0.29, 0.717) is 6.61 Å². The Morgan fingerprint density at radius 1 is 0.900 bits per heavy atom. The van der Waals surface area contributed by atoms with Crippen LogP contribution in [0.4, 0.5) is 0 Å². The summed E-state index contributed by atoms with van der Waals surface area (Å²) in [6, 6.07) is 18.5. The van der Waals surface area contributed by atoms with Crippen LogP contribution < -0.4 is 10.1 Å². The number of hydrogen-bond donors (Lipinski definition) is 1. The van der Waals surface area contributed by atoms with Crippen LogP contribution in [0.5, 0.6) is 5.75 Å². The maximum Gasteiger partial charge on any atom is 0.120 e. The Bertz CT molecular complexity index is 529. The first-order valence-corrected chi connectivity index (χ1v) is 7.04. The molecule has 0 heterocycles. The summed E-state index contributed by atoms with van der Waals surface area (Å²) in [5, 5.41) is 3.48. The molecule has 0 fully saturated rings. The molecule has 1 N–H and O–H groups in total. The summed E-state index contributed by atoms with van der Waals surface area (Å²) in [6.07, 6.45) is 0. The van der Waals surface area contributed by atoms with Crippen molar-refractivity contribution in [3.63, 3.8) is 0 Å². The molecular formula is C18H23NO. The largest absolute Gasteiger partial charge is 0.489 e. The van der Waals surface area contributed by atoms with Gasteiger partial charge in [0.1, 0.15) is 12.4 Å². The van der Waals surface area contributed by atoms with E-state index < -0.39 is 0 Å². The van der Waals surface area contributed by atoms with Crippen LogP contribution in [0.25, 0.3) is 0 Å². The van der Waals surface area contributed by atoms with Crippen molar-refractivity contribution in [2.45, 2.75) is 39.5 Å². The van der Waals surface area contributed by atoms with Crippen molar-refractivity contribution in [2.75, 3.05) is 0 Å². The predicted molar refractivity (Wildman–Crippen MR) is 83.8 cm³/mol. The van der Waals surface area contributed by atoms with Gasteiger partial charge in [-0.1, -0.05) is 42.5 Å². The molecule has 0 amide bonds. The summed E-state index contributed by atoms with van der Waals surface area (Å²) < 4.78 is 5.84. The van der Waals surface area contributed by atoms with E-state index in [9.17, 15) is 0 Å². The Labute approximate surface area is 121 Å². The van der Waals surface area contributed by atoms with Gasteiger partial charge in [0.25, 0.3) is 0 Å². The first-order valence-electron chi connectivity index (χ1n) is 7.04. The number of rotatable bonds is 5. The zero-order valence-corrected chi connectivity index (χ0v) is 12.5. The molecular weight excluding hydrogens is 246 g/mol. The lowest BCUT2D eigenvalue weighted by molar-refractivity contribution is 0.305. The Hall–Kier alpha value is -1.80. The Morgan fingerprint density at radius 3 is 2.30 bits per heavy atom. The van der Waals surface area contributed by atoms with Gasteiger partial charge < -0.3 is 10.1 Å². The highest BCUT2D eigenvalue weighted by Crippen LogP contribution is 2.16. The van der Waals surface area contributed by atoms with E-state index in [-0.39, 0.29) is 5.54 Å². The van der Waals surface area contributed by atoms with Crippen molar-refractivity contribution in [2.24, 2.45) is 0 Å². The third-order valence-electron chi connectivity index (χ3n) is 2.97. The minimum atomic E-state index is 0.126. The number of hydrogen-bond acceptors (Lipinski definition) is 2. The molecule has 106 valence electrons. The maximum absolute atomic E-state index is 5.84. The number of ether oxygens (including phenoxy) is 1. The van der Waals surface area contributed by atoms with Crippen LogP contribution in [0.3, 0.4) is 0 Å². The van der Waals surface area contributed by atoms with Crippen LogP contribution in [0.1, 0.15) is 31.9 Å². The highest BCUT2D eigenvalue weighted by Gasteiger charge is 2.08. The fourth-order valence-corrected chi connectivity index (χ4v) is 1.85. The van der Waals surface area contributed by atoms with Crippen LogP contribution in [-0.4, -0.2) is 5.54 Å². The van der Waals surface area contributed by atoms with Crippen molar-refractivity contribution < 1.29 is 4.74 Å². The number of nitrogens with one attached hydrogen (secondary N) is 1. The van der Waals surface area contributed by atoms with E-state index in [4.69, 9.17) is 4.74 Å². The topological polar surface area (TPSA) is 21.3 Å². The standard InChI is InChI=1S/C18H23NO/c1-18(2,3)19-13-16-10-7-11-17(12-16)20-14-15-8-5-4-6-9-15/h4-12,19H,13-14H2,1-3H3.